The highest BCUT2D eigenvalue weighted by molar-refractivity contribution is 6.29. The Bertz CT molecular complexity index is 4910. The van der Waals surface area contributed by atoms with E-state index in [1.54, 1.807) is 0 Å². The lowest BCUT2D eigenvalue weighted by atomic mass is 10.0. The van der Waals surface area contributed by atoms with Crippen LogP contribution in [0.2, 0.25) is 0 Å². The average molecular weight is 918 g/mol. The summed E-state index contributed by atoms with van der Waals surface area (Å²) in [5, 5.41) is 13.8. The van der Waals surface area contributed by atoms with Crippen molar-refractivity contribution in [2.45, 2.75) is 0 Å². The molecule has 16 rings (SSSR count). The van der Waals surface area contributed by atoms with Crippen LogP contribution in [0.25, 0.3) is 143 Å². The van der Waals surface area contributed by atoms with E-state index in [0.29, 0.717) is 17.7 Å². The molecular weight excluding hydrogens is 879 g/mol. The molecule has 334 valence electrons. The summed E-state index contributed by atoms with van der Waals surface area (Å²) in [4.78, 5) is 17.0. The lowest BCUT2D eigenvalue weighted by molar-refractivity contribution is 0.894. The van der Waals surface area contributed by atoms with Gasteiger partial charge in [-0.1, -0.05) is 200 Å². The van der Waals surface area contributed by atoms with E-state index in [1.807, 2.05) is 6.07 Å². The van der Waals surface area contributed by atoms with Gasteiger partial charge < -0.3 is 9.13 Å². The molecule has 0 unspecified atom stereocenters. The monoisotopic (exact) mass is 917 g/mol. The summed E-state index contributed by atoms with van der Waals surface area (Å²) >= 11 is 0. The molecule has 0 radical (unpaired) electrons. The van der Waals surface area contributed by atoms with Crippen LogP contribution in [0.4, 0.5) is 0 Å². The Balaban J connectivity index is 1.12. The Kier molecular flexibility index (Phi) is 8.04. The number of fused-ring (bicyclic) bond motifs is 18. The third-order valence-electron chi connectivity index (χ3n) is 15.0. The quantitative estimate of drug-likeness (QED) is 0.173. The molecule has 0 bridgehead atoms. The first-order valence-electron chi connectivity index (χ1n) is 24.5. The fourth-order valence-corrected chi connectivity index (χ4v) is 12.0. The van der Waals surface area contributed by atoms with E-state index in [2.05, 4.69) is 249 Å². The second-order valence-electron chi connectivity index (χ2n) is 18.8. The Morgan fingerprint density at radius 3 is 1.15 bits per heavy atom. The second-order valence-corrected chi connectivity index (χ2v) is 18.8. The van der Waals surface area contributed by atoms with Gasteiger partial charge in [0, 0.05) is 70.8 Å². The van der Waals surface area contributed by atoms with Crippen LogP contribution in [-0.2, 0) is 0 Å². The number of para-hydroxylation sites is 4. The maximum Gasteiger partial charge on any atom is 0.240 e. The van der Waals surface area contributed by atoms with Crippen LogP contribution in [0, 0.1) is 0 Å². The first-order valence-corrected chi connectivity index (χ1v) is 24.5. The molecule has 5 heterocycles. The molecule has 0 N–H and O–H groups in total. The van der Waals surface area contributed by atoms with Gasteiger partial charge in [0.05, 0.1) is 44.1 Å². The molecule has 0 amide bonds. The Labute approximate surface area is 411 Å². The standard InChI is InChI=1S/C65H39N7/c1-4-20-42(21-5-1)63-66-64(71-56-31-17-15-29-48(56)50-37-36-49-47-28-14-16-30-55(47)69(59(49)61(50)71)43-22-6-2-7-23-43)68-65(67-63)72-58-46-27-13-11-19-41(46)33-35-52(58)54-39-38-53-51-34-32-40-18-10-12-26-45(40)57(51)70(60(53)62(54)72)44-24-8-3-9-25-44/h1-39H. The SMILES string of the molecule is c1ccc(-c2nc(-n3c4ccccc4c4ccc5c6ccccc6n(-c6ccccc6)c5c43)nc(-n3c4c5ccccc5ccc4c4ccc5c6ccc7ccccc7c6n(-c6ccccc6)c5c43)n2)cc1. The summed E-state index contributed by atoms with van der Waals surface area (Å²) in [5.74, 6) is 1.63. The molecule has 0 aliphatic carbocycles. The number of hydrogen-bond donors (Lipinski definition) is 0. The van der Waals surface area contributed by atoms with Crippen molar-refractivity contribution in [2.75, 3.05) is 0 Å². The van der Waals surface area contributed by atoms with Crippen molar-refractivity contribution in [3.05, 3.63) is 237 Å². The number of hydrogen-bond acceptors (Lipinski definition) is 3. The van der Waals surface area contributed by atoms with Gasteiger partial charge in [-0.05, 0) is 47.2 Å². The van der Waals surface area contributed by atoms with Gasteiger partial charge in [-0.15, -0.1) is 0 Å². The summed E-state index contributed by atoms with van der Waals surface area (Å²) in [5.41, 5.74) is 11.6. The molecule has 72 heavy (non-hydrogen) atoms. The number of rotatable bonds is 5. The number of aromatic nitrogens is 7. The van der Waals surface area contributed by atoms with Crippen molar-refractivity contribution in [3.63, 3.8) is 0 Å². The molecule has 7 nitrogen and oxygen atoms in total. The molecule has 0 fully saturated rings. The van der Waals surface area contributed by atoms with Crippen LogP contribution in [0.1, 0.15) is 0 Å². The van der Waals surface area contributed by atoms with E-state index >= 15 is 0 Å². The highest BCUT2D eigenvalue weighted by atomic mass is 15.3. The molecule has 0 spiro atoms. The van der Waals surface area contributed by atoms with Gasteiger partial charge in [-0.3, -0.25) is 9.13 Å². The highest BCUT2D eigenvalue weighted by Crippen LogP contribution is 2.46. The van der Waals surface area contributed by atoms with E-state index in [1.165, 1.54) is 21.5 Å². The van der Waals surface area contributed by atoms with E-state index in [9.17, 15) is 0 Å². The van der Waals surface area contributed by atoms with Crippen LogP contribution >= 0.6 is 0 Å². The van der Waals surface area contributed by atoms with Crippen molar-refractivity contribution in [3.8, 4) is 34.7 Å². The van der Waals surface area contributed by atoms with E-state index < -0.39 is 0 Å². The minimum atomic E-state index is 0.527. The smallest absolute Gasteiger partial charge is 0.240 e. The topological polar surface area (TPSA) is 58.4 Å². The lowest BCUT2D eigenvalue weighted by Crippen LogP contribution is -2.11. The minimum absolute atomic E-state index is 0.527. The van der Waals surface area contributed by atoms with Gasteiger partial charge in [0.1, 0.15) is 0 Å². The molecule has 0 aliphatic rings. The molecular formula is C65H39N7. The van der Waals surface area contributed by atoms with Crippen LogP contribution in [-0.4, -0.2) is 33.2 Å². The molecule has 0 atom stereocenters. The van der Waals surface area contributed by atoms with Gasteiger partial charge in [-0.2, -0.15) is 15.0 Å². The summed E-state index contributed by atoms with van der Waals surface area (Å²) in [7, 11) is 0. The predicted octanol–water partition coefficient (Wildman–Crippen LogP) is 16.2. The minimum Gasteiger partial charge on any atom is -0.307 e. The van der Waals surface area contributed by atoms with Crippen molar-refractivity contribution >= 4 is 109 Å². The number of nitrogens with zero attached hydrogens (tertiary/aromatic N) is 7. The molecule has 16 aromatic rings. The zero-order valence-electron chi connectivity index (χ0n) is 38.6. The Hall–Kier alpha value is -9.85. The van der Waals surface area contributed by atoms with Crippen LogP contribution < -0.4 is 0 Å². The summed E-state index contributed by atoms with van der Waals surface area (Å²) < 4.78 is 9.51. The second kappa shape index (κ2) is 14.8. The number of benzene rings is 11. The average Bonchev–Trinajstić information content (AvgIpc) is 4.19. The first kappa shape index (κ1) is 39.0. The van der Waals surface area contributed by atoms with Crippen molar-refractivity contribution < 1.29 is 0 Å². The van der Waals surface area contributed by atoms with Gasteiger partial charge in [0.2, 0.25) is 11.9 Å². The van der Waals surface area contributed by atoms with E-state index in [-0.39, 0.29) is 0 Å². The third-order valence-corrected chi connectivity index (χ3v) is 15.0. The summed E-state index contributed by atoms with van der Waals surface area (Å²) in [6.07, 6.45) is 0. The molecule has 11 aromatic carbocycles. The van der Waals surface area contributed by atoms with Crippen LogP contribution in [0.15, 0.2) is 237 Å². The fraction of sp³-hybridized carbons (Fsp3) is 0. The first-order chi connectivity index (χ1) is 35.8. The normalized spacial score (nSPS) is 12.2. The summed E-state index contributed by atoms with van der Waals surface area (Å²) in [6, 6.07) is 84.9. The zero-order chi connectivity index (χ0) is 47.0. The molecule has 0 saturated heterocycles. The van der Waals surface area contributed by atoms with Gasteiger partial charge in [0.15, 0.2) is 5.82 Å². The van der Waals surface area contributed by atoms with Crippen molar-refractivity contribution in [1.82, 2.24) is 33.2 Å². The maximum absolute atomic E-state index is 5.81. The maximum atomic E-state index is 5.81. The van der Waals surface area contributed by atoms with Gasteiger partial charge >= 0.3 is 0 Å². The van der Waals surface area contributed by atoms with Crippen LogP contribution in [0.3, 0.4) is 0 Å². The lowest BCUT2D eigenvalue weighted by Gasteiger charge is -2.15. The highest BCUT2D eigenvalue weighted by Gasteiger charge is 2.27. The Morgan fingerprint density at radius 2 is 0.583 bits per heavy atom. The van der Waals surface area contributed by atoms with E-state index in [4.69, 9.17) is 15.0 Å². The zero-order valence-corrected chi connectivity index (χ0v) is 38.6. The Morgan fingerprint density at radius 1 is 0.222 bits per heavy atom. The predicted molar refractivity (Wildman–Crippen MR) is 298 cm³/mol. The molecule has 0 aliphatic heterocycles. The van der Waals surface area contributed by atoms with Gasteiger partial charge in [-0.25, -0.2) is 0 Å². The van der Waals surface area contributed by atoms with E-state index in [0.717, 1.165) is 104 Å². The van der Waals surface area contributed by atoms with Crippen molar-refractivity contribution in [1.29, 1.82) is 0 Å². The molecule has 7 heteroatoms. The fourth-order valence-electron chi connectivity index (χ4n) is 12.0. The van der Waals surface area contributed by atoms with Crippen molar-refractivity contribution in [2.24, 2.45) is 0 Å². The molecule has 5 aromatic heterocycles. The summed E-state index contributed by atoms with van der Waals surface area (Å²) in [6.45, 7) is 0. The third kappa shape index (κ3) is 5.36. The van der Waals surface area contributed by atoms with Gasteiger partial charge in [0.25, 0.3) is 0 Å². The van der Waals surface area contributed by atoms with Crippen LogP contribution in [0.5, 0.6) is 0 Å². The molecule has 0 saturated carbocycles. The largest absolute Gasteiger partial charge is 0.307 e.